The second-order valence-corrected chi connectivity index (χ2v) is 5.35. The lowest BCUT2D eigenvalue weighted by molar-refractivity contribution is 0.325. The molecule has 0 bridgehead atoms. The Kier molecular flexibility index (Phi) is 5.74. The summed E-state index contributed by atoms with van der Waals surface area (Å²) in [6, 6.07) is 8.99. The molecule has 0 aromatic heterocycles. The molecule has 0 spiro atoms. The fourth-order valence-corrected chi connectivity index (χ4v) is 3.38. The standard InChI is InChI=1S/C17H28/c1-5-12-17(13-6-2,14-7-3)16-11-9-8-10-15(16)4/h8-11H,5-7,12-14H2,1-4H3. The molecule has 96 valence electrons. The van der Waals surface area contributed by atoms with E-state index in [0.29, 0.717) is 5.41 Å². The Morgan fingerprint density at radius 2 is 1.29 bits per heavy atom. The number of hydrogen-bond acceptors (Lipinski definition) is 0. The van der Waals surface area contributed by atoms with Crippen LogP contribution in [0.4, 0.5) is 0 Å². The van der Waals surface area contributed by atoms with Gasteiger partial charge in [-0.3, -0.25) is 0 Å². The smallest absolute Gasteiger partial charge is 0.00446 e. The average Bonchev–Trinajstić information content (AvgIpc) is 2.30. The predicted molar refractivity (Wildman–Crippen MR) is 77.6 cm³/mol. The first-order valence-electron chi connectivity index (χ1n) is 7.26. The summed E-state index contributed by atoms with van der Waals surface area (Å²) >= 11 is 0. The summed E-state index contributed by atoms with van der Waals surface area (Å²) in [4.78, 5) is 0. The van der Waals surface area contributed by atoms with E-state index in [4.69, 9.17) is 0 Å². The third-order valence-electron chi connectivity index (χ3n) is 3.90. The van der Waals surface area contributed by atoms with Crippen molar-refractivity contribution in [1.82, 2.24) is 0 Å². The minimum absolute atomic E-state index is 0.434. The summed E-state index contributed by atoms with van der Waals surface area (Å²) < 4.78 is 0. The van der Waals surface area contributed by atoms with Crippen LogP contribution in [0.1, 0.15) is 70.4 Å². The van der Waals surface area contributed by atoms with E-state index in [2.05, 4.69) is 52.0 Å². The van der Waals surface area contributed by atoms with E-state index in [1.165, 1.54) is 44.1 Å². The van der Waals surface area contributed by atoms with Gasteiger partial charge in [0.2, 0.25) is 0 Å². The van der Waals surface area contributed by atoms with Crippen LogP contribution in [-0.2, 0) is 5.41 Å². The molecular formula is C17H28. The van der Waals surface area contributed by atoms with Crippen molar-refractivity contribution in [3.8, 4) is 0 Å². The SMILES string of the molecule is CCCC(CCC)(CCC)c1ccccc1C. The first kappa shape index (κ1) is 14.3. The lowest BCUT2D eigenvalue weighted by atomic mass is 9.69. The molecule has 0 unspecified atom stereocenters. The predicted octanol–water partition coefficient (Wildman–Crippen LogP) is 5.63. The van der Waals surface area contributed by atoms with Crippen LogP contribution in [0, 0.1) is 6.92 Å². The highest BCUT2D eigenvalue weighted by Gasteiger charge is 2.30. The van der Waals surface area contributed by atoms with Gasteiger partial charge in [0.05, 0.1) is 0 Å². The second kappa shape index (κ2) is 6.83. The molecule has 0 atom stereocenters. The largest absolute Gasteiger partial charge is 0.0654 e. The van der Waals surface area contributed by atoms with Crippen molar-refractivity contribution in [1.29, 1.82) is 0 Å². The second-order valence-electron chi connectivity index (χ2n) is 5.35. The molecule has 0 saturated heterocycles. The summed E-state index contributed by atoms with van der Waals surface area (Å²) in [7, 11) is 0. The molecule has 0 amide bonds. The van der Waals surface area contributed by atoms with Crippen molar-refractivity contribution in [2.75, 3.05) is 0 Å². The summed E-state index contributed by atoms with van der Waals surface area (Å²) in [6.07, 6.45) is 7.86. The zero-order chi connectivity index (χ0) is 12.7. The highest BCUT2D eigenvalue weighted by molar-refractivity contribution is 5.33. The first-order chi connectivity index (χ1) is 8.20. The van der Waals surface area contributed by atoms with Gasteiger partial charge in [0.1, 0.15) is 0 Å². The van der Waals surface area contributed by atoms with Crippen molar-refractivity contribution >= 4 is 0 Å². The van der Waals surface area contributed by atoms with Gasteiger partial charge in [-0.25, -0.2) is 0 Å². The molecule has 1 aromatic carbocycles. The van der Waals surface area contributed by atoms with Crippen molar-refractivity contribution < 1.29 is 0 Å². The molecule has 0 radical (unpaired) electrons. The van der Waals surface area contributed by atoms with Crippen LogP contribution in [0.2, 0.25) is 0 Å². The van der Waals surface area contributed by atoms with Crippen molar-refractivity contribution in [2.45, 2.75) is 71.6 Å². The maximum atomic E-state index is 2.36. The fraction of sp³-hybridized carbons (Fsp3) is 0.647. The van der Waals surface area contributed by atoms with Gasteiger partial charge in [0, 0.05) is 0 Å². The molecule has 0 aliphatic rings. The lowest BCUT2D eigenvalue weighted by Gasteiger charge is -2.35. The Bertz CT molecular complexity index is 308. The van der Waals surface area contributed by atoms with E-state index in [1.54, 1.807) is 5.56 Å². The van der Waals surface area contributed by atoms with Gasteiger partial charge >= 0.3 is 0 Å². The molecule has 0 fully saturated rings. The Hall–Kier alpha value is -0.780. The molecule has 0 aliphatic heterocycles. The maximum absolute atomic E-state index is 2.36. The average molecular weight is 232 g/mol. The zero-order valence-electron chi connectivity index (χ0n) is 12.1. The Morgan fingerprint density at radius 3 is 1.71 bits per heavy atom. The topological polar surface area (TPSA) is 0 Å². The Labute approximate surface area is 107 Å². The lowest BCUT2D eigenvalue weighted by Crippen LogP contribution is -2.27. The molecule has 17 heavy (non-hydrogen) atoms. The van der Waals surface area contributed by atoms with Crippen LogP contribution in [0.5, 0.6) is 0 Å². The van der Waals surface area contributed by atoms with Gasteiger partial charge in [-0.15, -0.1) is 0 Å². The van der Waals surface area contributed by atoms with Crippen molar-refractivity contribution in [3.63, 3.8) is 0 Å². The number of aryl methyl sites for hydroxylation is 1. The van der Waals surface area contributed by atoms with E-state index >= 15 is 0 Å². The van der Waals surface area contributed by atoms with Gasteiger partial charge in [0.15, 0.2) is 0 Å². The van der Waals surface area contributed by atoms with Crippen molar-refractivity contribution in [3.05, 3.63) is 35.4 Å². The molecule has 1 aromatic rings. The van der Waals surface area contributed by atoms with Gasteiger partial charge in [-0.1, -0.05) is 64.3 Å². The van der Waals surface area contributed by atoms with E-state index in [1.807, 2.05) is 0 Å². The van der Waals surface area contributed by atoms with Gasteiger partial charge in [0.25, 0.3) is 0 Å². The van der Waals surface area contributed by atoms with Crippen LogP contribution >= 0.6 is 0 Å². The van der Waals surface area contributed by atoms with Crippen LogP contribution < -0.4 is 0 Å². The summed E-state index contributed by atoms with van der Waals surface area (Å²) in [5, 5.41) is 0. The number of benzene rings is 1. The summed E-state index contributed by atoms with van der Waals surface area (Å²) in [5.41, 5.74) is 3.51. The van der Waals surface area contributed by atoms with E-state index in [9.17, 15) is 0 Å². The molecule has 0 N–H and O–H groups in total. The van der Waals surface area contributed by atoms with Crippen LogP contribution in [0.15, 0.2) is 24.3 Å². The fourth-order valence-electron chi connectivity index (χ4n) is 3.38. The number of hydrogen-bond donors (Lipinski definition) is 0. The van der Waals surface area contributed by atoms with Crippen LogP contribution in [-0.4, -0.2) is 0 Å². The molecule has 0 aliphatic carbocycles. The van der Waals surface area contributed by atoms with E-state index in [0.717, 1.165) is 0 Å². The number of rotatable bonds is 7. The van der Waals surface area contributed by atoms with Crippen LogP contribution in [0.25, 0.3) is 0 Å². The van der Waals surface area contributed by atoms with Crippen molar-refractivity contribution in [2.24, 2.45) is 0 Å². The highest BCUT2D eigenvalue weighted by atomic mass is 14.3. The molecule has 0 heterocycles. The monoisotopic (exact) mass is 232 g/mol. The minimum Gasteiger partial charge on any atom is -0.0654 e. The molecule has 0 saturated carbocycles. The minimum atomic E-state index is 0.434. The Morgan fingerprint density at radius 1 is 0.824 bits per heavy atom. The van der Waals surface area contributed by atoms with Gasteiger partial charge in [-0.05, 0) is 42.7 Å². The normalized spacial score (nSPS) is 11.8. The molecule has 0 heteroatoms. The third-order valence-corrected chi connectivity index (χ3v) is 3.90. The molecular weight excluding hydrogens is 204 g/mol. The van der Waals surface area contributed by atoms with Crippen LogP contribution in [0.3, 0.4) is 0 Å². The third kappa shape index (κ3) is 3.34. The van der Waals surface area contributed by atoms with E-state index in [-0.39, 0.29) is 0 Å². The highest BCUT2D eigenvalue weighted by Crippen LogP contribution is 2.40. The molecule has 0 nitrogen and oxygen atoms in total. The Balaban J connectivity index is 3.14. The van der Waals surface area contributed by atoms with Gasteiger partial charge in [-0.2, -0.15) is 0 Å². The molecule has 1 rings (SSSR count). The summed E-state index contributed by atoms with van der Waals surface area (Å²) in [5.74, 6) is 0. The first-order valence-corrected chi connectivity index (χ1v) is 7.26. The zero-order valence-corrected chi connectivity index (χ0v) is 12.1. The maximum Gasteiger partial charge on any atom is -0.00446 e. The van der Waals surface area contributed by atoms with E-state index < -0.39 is 0 Å². The summed E-state index contributed by atoms with van der Waals surface area (Å²) in [6.45, 7) is 9.22. The van der Waals surface area contributed by atoms with Gasteiger partial charge < -0.3 is 0 Å². The quantitative estimate of drug-likeness (QED) is 0.571.